The van der Waals surface area contributed by atoms with Gasteiger partial charge in [-0.3, -0.25) is 4.79 Å². The molecule has 0 unspecified atom stereocenters. The second kappa shape index (κ2) is 9.93. The molecule has 176 valence electrons. The maximum absolute atomic E-state index is 15.2. The molecule has 0 aliphatic carbocycles. The summed E-state index contributed by atoms with van der Waals surface area (Å²) in [5.74, 6) is -0.0748. The third-order valence-corrected chi connectivity index (χ3v) is 5.60. The van der Waals surface area contributed by atoms with E-state index >= 15 is 4.39 Å². The minimum atomic E-state index is -0.516. The molecule has 0 radical (unpaired) electrons. The van der Waals surface area contributed by atoms with Gasteiger partial charge in [0, 0.05) is 62.2 Å². The van der Waals surface area contributed by atoms with Gasteiger partial charge in [-0.2, -0.15) is 0 Å². The van der Waals surface area contributed by atoms with E-state index in [0.29, 0.717) is 29.9 Å². The average molecular weight is 463 g/mol. The first-order chi connectivity index (χ1) is 16.4. The molecule has 0 saturated heterocycles. The zero-order valence-electron chi connectivity index (χ0n) is 19.6. The van der Waals surface area contributed by atoms with Crippen molar-refractivity contribution in [3.8, 4) is 28.0 Å². The standard InChI is InChI=1S/C26H27FN4O3/c1-31(2)26(32)20-11-16(13-22(27)24(20)28-9-10-33-3)17-12-19-21(15-30-25(19)29-14-17)18-7-5-6-8-23(18)34-4/h5-8,11-15,28H,9-10H2,1-4H3,(H,29,30). The lowest BCUT2D eigenvalue weighted by Crippen LogP contribution is -2.24. The lowest BCUT2D eigenvalue weighted by Gasteiger charge is -2.17. The van der Waals surface area contributed by atoms with Crippen LogP contribution in [0, 0.1) is 5.82 Å². The van der Waals surface area contributed by atoms with Crippen molar-refractivity contribution in [3.63, 3.8) is 0 Å². The fourth-order valence-electron chi connectivity index (χ4n) is 3.89. The van der Waals surface area contributed by atoms with Crippen molar-refractivity contribution >= 4 is 22.6 Å². The lowest BCUT2D eigenvalue weighted by atomic mass is 9.99. The van der Waals surface area contributed by atoms with Crippen LogP contribution in [0.15, 0.2) is 54.9 Å². The van der Waals surface area contributed by atoms with Crippen LogP contribution in [0.2, 0.25) is 0 Å². The molecule has 1 amide bonds. The van der Waals surface area contributed by atoms with Crippen molar-refractivity contribution in [2.45, 2.75) is 0 Å². The number of ether oxygens (including phenoxy) is 2. The molecule has 0 atom stereocenters. The molecule has 7 nitrogen and oxygen atoms in total. The molecule has 0 aliphatic rings. The SMILES string of the molecule is COCCNc1c(F)cc(-c2cnc3[nH]cc(-c4ccccc4OC)c3c2)cc1C(=O)N(C)C. The number of halogens is 1. The number of fused-ring (bicyclic) bond motifs is 1. The summed E-state index contributed by atoms with van der Waals surface area (Å²) in [5, 5.41) is 3.85. The molecular formula is C26H27FN4O3. The molecule has 0 spiro atoms. The van der Waals surface area contributed by atoms with Gasteiger partial charge >= 0.3 is 0 Å². The topological polar surface area (TPSA) is 79.5 Å². The first kappa shape index (κ1) is 23.3. The third kappa shape index (κ3) is 4.45. The van der Waals surface area contributed by atoms with E-state index in [0.717, 1.165) is 22.3 Å². The van der Waals surface area contributed by atoms with E-state index in [1.165, 1.54) is 11.0 Å². The lowest BCUT2D eigenvalue weighted by molar-refractivity contribution is 0.0828. The summed E-state index contributed by atoms with van der Waals surface area (Å²) in [4.78, 5) is 22.0. The number of hydrogen-bond acceptors (Lipinski definition) is 5. The van der Waals surface area contributed by atoms with E-state index in [4.69, 9.17) is 9.47 Å². The number of aromatic amines is 1. The molecule has 2 aromatic heterocycles. The van der Waals surface area contributed by atoms with E-state index in [9.17, 15) is 4.79 Å². The summed E-state index contributed by atoms with van der Waals surface area (Å²) in [6, 6.07) is 12.8. The first-order valence-electron chi connectivity index (χ1n) is 10.8. The highest BCUT2D eigenvalue weighted by Crippen LogP contribution is 2.37. The van der Waals surface area contributed by atoms with Crippen LogP contribution in [0.5, 0.6) is 5.75 Å². The molecule has 2 heterocycles. The van der Waals surface area contributed by atoms with E-state index in [1.807, 2.05) is 36.5 Å². The van der Waals surface area contributed by atoms with Gasteiger partial charge in [0.2, 0.25) is 0 Å². The Morgan fingerprint density at radius 1 is 1.12 bits per heavy atom. The molecule has 0 bridgehead atoms. The third-order valence-electron chi connectivity index (χ3n) is 5.60. The van der Waals surface area contributed by atoms with Gasteiger partial charge in [0.15, 0.2) is 0 Å². The molecule has 4 aromatic rings. The molecule has 4 rings (SSSR count). The van der Waals surface area contributed by atoms with E-state index in [2.05, 4.69) is 15.3 Å². The van der Waals surface area contributed by atoms with E-state index in [1.54, 1.807) is 40.6 Å². The number of aromatic nitrogens is 2. The first-order valence-corrected chi connectivity index (χ1v) is 10.8. The van der Waals surface area contributed by atoms with E-state index < -0.39 is 5.82 Å². The van der Waals surface area contributed by atoms with Gasteiger partial charge in [-0.25, -0.2) is 9.37 Å². The van der Waals surface area contributed by atoms with Gasteiger partial charge < -0.3 is 24.7 Å². The van der Waals surface area contributed by atoms with Crippen LogP contribution < -0.4 is 10.1 Å². The van der Waals surface area contributed by atoms with Gasteiger partial charge in [0.05, 0.1) is 25.0 Å². The van der Waals surface area contributed by atoms with E-state index in [-0.39, 0.29) is 17.2 Å². The molecule has 0 saturated carbocycles. The second-order valence-electron chi connectivity index (χ2n) is 8.02. The van der Waals surface area contributed by atoms with Crippen molar-refractivity contribution in [1.82, 2.24) is 14.9 Å². The van der Waals surface area contributed by atoms with Crippen LogP contribution in [0.1, 0.15) is 10.4 Å². The Morgan fingerprint density at radius 3 is 2.65 bits per heavy atom. The number of anilines is 1. The summed E-state index contributed by atoms with van der Waals surface area (Å²) in [6.45, 7) is 0.760. The van der Waals surface area contributed by atoms with Gasteiger partial charge in [-0.15, -0.1) is 0 Å². The number of nitrogens with zero attached hydrogens (tertiary/aromatic N) is 2. The van der Waals surface area contributed by atoms with Gasteiger partial charge in [0.25, 0.3) is 5.91 Å². The Morgan fingerprint density at radius 2 is 1.91 bits per heavy atom. The predicted molar refractivity (Wildman–Crippen MR) is 132 cm³/mol. The summed E-state index contributed by atoms with van der Waals surface area (Å²) >= 11 is 0. The maximum Gasteiger partial charge on any atom is 0.255 e. The number of amides is 1. The Kier molecular flexibility index (Phi) is 6.79. The number of hydrogen-bond donors (Lipinski definition) is 2. The minimum absolute atomic E-state index is 0.157. The maximum atomic E-state index is 15.2. The number of nitrogens with one attached hydrogen (secondary N) is 2. The van der Waals surface area contributed by atoms with Crippen molar-refractivity contribution in [3.05, 3.63) is 66.2 Å². The Labute approximate surface area is 197 Å². The van der Waals surface area contributed by atoms with Crippen molar-refractivity contribution in [2.75, 3.05) is 46.8 Å². The number of para-hydroxylation sites is 1. The number of carbonyl (C=O) groups is 1. The largest absolute Gasteiger partial charge is 0.496 e. The van der Waals surface area contributed by atoms with Crippen LogP contribution in [-0.2, 0) is 4.74 Å². The van der Waals surface area contributed by atoms with Gasteiger partial charge in [-0.1, -0.05) is 18.2 Å². The number of rotatable bonds is 8. The quantitative estimate of drug-likeness (QED) is 0.368. The smallest absolute Gasteiger partial charge is 0.255 e. The van der Waals surface area contributed by atoms with Crippen molar-refractivity contribution in [1.29, 1.82) is 0 Å². The number of H-pyrrole nitrogens is 1. The summed E-state index contributed by atoms with van der Waals surface area (Å²) < 4.78 is 25.8. The Balaban J connectivity index is 1.83. The number of benzene rings is 2. The zero-order valence-corrected chi connectivity index (χ0v) is 19.6. The fourth-order valence-corrected chi connectivity index (χ4v) is 3.89. The van der Waals surface area contributed by atoms with Crippen molar-refractivity contribution < 1.29 is 18.7 Å². The highest BCUT2D eigenvalue weighted by Gasteiger charge is 2.20. The fraction of sp³-hybridized carbons (Fsp3) is 0.231. The monoisotopic (exact) mass is 462 g/mol. The summed E-state index contributed by atoms with van der Waals surface area (Å²) in [7, 11) is 6.47. The van der Waals surface area contributed by atoms with Gasteiger partial charge in [-0.05, 0) is 29.8 Å². The molecule has 0 aliphatic heterocycles. The van der Waals surface area contributed by atoms with Crippen LogP contribution in [0.25, 0.3) is 33.3 Å². The second-order valence-corrected chi connectivity index (χ2v) is 8.02. The Hall–Kier alpha value is -3.91. The van der Waals surface area contributed by atoms with Crippen LogP contribution in [0.3, 0.4) is 0 Å². The minimum Gasteiger partial charge on any atom is -0.496 e. The number of methoxy groups -OCH3 is 2. The molecule has 8 heteroatoms. The molecular weight excluding hydrogens is 435 g/mol. The van der Waals surface area contributed by atoms with Crippen LogP contribution in [-0.4, -0.2) is 62.2 Å². The number of pyridine rings is 1. The number of carbonyl (C=O) groups excluding carboxylic acids is 1. The summed E-state index contributed by atoms with van der Waals surface area (Å²) in [6.07, 6.45) is 3.55. The molecule has 0 fully saturated rings. The molecule has 34 heavy (non-hydrogen) atoms. The molecule has 2 N–H and O–H groups in total. The van der Waals surface area contributed by atoms with Crippen molar-refractivity contribution in [2.24, 2.45) is 0 Å². The van der Waals surface area contributed by atoms with Crippen LogP contribution in [0.4, 0.5) is 10.1 Å². The molecule has 2 aromatic carbocycles. The van der Waals surface area contributed by atoms with Crippen LogP contribution >= 0.6 is 0 Å². The van der Waals surface area contributed by atoms with Gasteiger partial charge in [0.1, 0.15) is 17.2 Å². The predicted octanol–water partition coefficient (Wildman–Crippen LogP) is 4.80. The normalized spacial score (nSPS) is 11.0. The zero-order chi connectivity index (χ0) is 24.2. The Bertz CT molecular complexity index is 1330. The summed E-state index contributed by atoms with van der Waals surface area (Å²) in [5.41, 5.74) is 4.19. The highest BCUT2D eigenvalue weighted by atomic mass is 19.1. The highest BCUT2D eigenvalue weighted by molar-refractivity contribution is 6.02. The average Bonchev–Trinajstić information content (AvgIpc) is 3.27.